The van der Waals surface area contributed by atoms with Crippen LogP contribution in [0.1, 0.15) is 17.9 Å². The summed E-state index contributed by atoms with van der Waals surface area (Å²) in [5, 5.41) is 6.06. The van der Waals surface area contributed by atoms with E-state index in [9.17, 15) is 4.79 Å². The van der Waals surface area contributed by atoms with Crippen molar-refractivity contribution in [1.29, 1.82) is 0 Å². The third kappa shape index (κ3) is 3.47. The van der Waals surface area contributed by atoms with Gasteiger partial charge in [-0.15, -0.1) is 0 Å². The number of carbonyl (C=O) groups excluding carboxylic acids is 1. The van der Waals surface area contributed by atoms with E-state index in [1.54, 1.807) is 0 Å². The third-order valence-corrected chi connectivity index (χ3v) is 4.22. The lowest BCUT2D eigenvalue weighted by Gasteiger charge is -2.10. The highest BCUT2D eigenvalue weighted by Crippen LogP contribution is 2.25. The van der Waals surface area contributed by atoms with Crippen LogP contribution in [0.25, 0.3) is 11.4 Å². The van der Waals surface area contributed by atoms with E-state index in [1.807, 2.05) is 54.6 Å². The Balaban J connectivity index is 1.50. The molecule has 0 bridgehead atoms. The normalized spacial score (nSPS) is 16.5. The maximum atomic E-state index is 11.3. The Labute approximate surface area is 145 Å². The molecule has 1 saturated heterocycles. The van der Waals surface area contributed by atoms with Gasteiger partial charge in [-0.3, -0.25) is 4.79 Å². The minimum absolute atomic E-state index is 0.117. The summed E-state index contributed by atoms with van der Waals surface area (Å²) in [6.45, 7) is 0.708. The van der Waals surface area contributed by atoms with Crippen LogP contribution >= 0.6 is 0 Å². The summed E-state index contributed by atoms with van der Waals surface area (Å²) >= 11 is 0. The molecule has 6 heteroatoms. The molecule has 3 aromatic rings. The third-order valence-electron chi connectivity index (χ3n) is 4.22. The molecule has 0 aliphatic carbocycles. The van der Waals surface area contributed by atoms with E-state index in [1.165, 1.54) is 6.33 Å². The van der Waals surface area contributed by atoms with Crippen molar-refractivity contribution in [3.63, 3.8) is 0 Å². The average molecular weight is 331 g/mol. The van der Waals surface area contributed by atoms with Crippen LogP contribution in [0, 0.1) is 0 Å². The van der Waals surface area contributed by atoms with Gasteiger partial charge in [0.1, 0.15) is 6.33 Å². The molecule has 1 aliphatic rings. The highest BCUT2D eigenvalue weighted by Gasteiger charge is 2.22. The fourth-order valence-corrected chi connectivity index (χ4v) is 2.89. The second kappa shape index (κ2) is 6.68. The molecular weight excluding hydrogens is 314 g/mol. The molecule has 0 saturated carbocycles. The van der Waals surface area contributed by atoms with Crippen LogP contribution in [-0.4, -0.2) is 27.4 Å². The van der Waals surface area contributed by atoms with Gasteiger partial charge in [0, 0.05) is 30.1 Å². The largest absolute Gasteiger partial charge is 0.355 e. The topological polar surface area (TPSA) is 79.8 Å². The first-order valence-corrected chi connectivity index (χ1v) is 8.16. The number of benzene rings is 2. The van der Waals surface area contributed by atoms with Gasteiger partial charge in [0.05, 0.1) is 0 Å². The zero-order valence-electron chi connectivity index (χ0n) is 13.5. The number of anilines is 2. The van der Waals surface area contributed by atoms with Crippen molar-refractivity contribution >= 4 is 17.5 Å². The minimum Gasteiger partial charge on any atom is -0.355 e. The quantitative estimate of drug-likeness (QED) is 0.768. The molecule has 2 N–H and O–H groups in total. The molecule has 2 aromatic carbocycles. The molecular formula is C19H17N5O. The number of hydrogen-bond donors (Lipinski definition) is 2. The molecule has 1 amide bonds. The minimum atomic E-state index is 0.117. The van der Waals surface area contributed by atoms with Crippen molar-refractivity contribution in [3.05, 3.63) is 66.5 Å². The van der Waals surface area contributed by atoms with Crippen LogP contribution in [0.5, 0.6) is 0 Å². The van der Waals surface area contributed by atoms with Crippen LogP contribution in [0.15, 0.2) is 60.9 Å². The van der Waals surface area contributed by atoms with E-state index in [0.717, 1.165) is 16.8 Å². The maximum Gasteiger partial charge on any atom is 0.230 e. The molecule has 1 aromatic heterocycles. The molecule has 2 heterocycles. The van der Waals surface area contributed by atoms with Crippen LogP contribution in [0.2, 0.25) is 0 Å². The van der Waals surface area contributed by atoms with E-state index in [0.29, 0.717) is 24.7 Å². The lowest BCUT2D eigenvalue weighted by atomic mass is 9.98. The molecule has 0 spiro atoms. The number of nitrogens with one attached hydrogen (secondary N) is 2. The number of carbonyl (C=O) groups is 1. The average Bonchev–Trinajstić information content (AvgIpc) is 3.10. The highest BCUT2D eigenvalue weighted by molar-refractivity contribution is 5.79. The summed E-state index contributed by atoms with van der Waals surface area (Å²) in [7, 11) is 0. The van der Waals surface area contributed by atoms with Crippen LogP contribution in [-0.2, 0) is 4.79 Å². The first-order chi connectivity index (χ1) is 12.3. The van der Waals surface area contributed by atoms with Gasteiger partial charge < -0.3 is 10.6 Å². The standard InChI is InChI=1S/C19H17N5O/c25-17-10-15(11-20-17)13-6-8-16(9-7-13)23-19-22-12-21-18(24-19)14-4-2-1-3-5-14/h1-9,12,15H,10-11H2,(H,20,25)(H,21,22,23,24). The monoisotopic (exact) mass is 331 g/mol. The summed E-state index contributed by atoms with van der Waals surface area (Å²) in [6.07, 6.45) is 2.06. The summed E-state index contributed by atoms with van der Waals surface area (Å²) in [5.74, 6) is 1.50. The number of hydrogen-bond acceptors (Lipinski definition) is 5. The summed E-state index contributed by atoms with van der Waals surface area (Å²) in [5.41, 5.74) is 3.00. The van der Waals surface area contributed by atoms with E-state index < -0.39 is 0 Å². The van der Waals surface area contributed by atoms with E-state index in [2.05, 4.69) is 25.6 Å². The molecule has 25 heavy (non-hydrogen) atoms. The summed E-state index contributed by atoms with van der Waals surface area (Å²) < 4.78 is 0. The summed E-state index contributed by atoms with van der Waals surface area (Å²) in [4.78, 5) is 24.2. The maximum absolute atomic E-state index is 11.3. The molecule has 1 fully saturated rings. The van der Waals surface area contributed by atoms with Gasteiger partial charge in [0.2, 0.25) is 11.9 Å². The Morgan fingerprint density at radius 3 is 2.52 bits per heavy atom. The van der Waals surface area contributed by atoms with Crippen molar-refractivity contribution in [3.8, 4) is 11.4 Å². The van der Waals surface area contributed by atoms with Gasteiger partial charge >= 0.3 is 0 Å². The molecule has 4 rings (SSSR count). The fraction of sp³-hybridized carbons (Fsp3) is 0.158. The van der Waals surface area contributed by atoms with Gasteiger partial charge in [0.25, 0.3) is 0 Å². The molecule has 1 unspecified atom stereocenters. The van der Waals surface area contributed by atoms with Crippen molar-refractivity contribution < 1.29 is 4.79 Å². The summed E-state index contributed by atoms with van der Waals surface area (Å²) in [6, 6.07) is 17.8. The van der Waals surface area contributed by atoms with Crippen molar-refractivity contribution in [1.82, 2.24) is 20.3 Å². The molecule has 6 nitrogen and oxygen atoms in total. The Hall–Kier alpha value is -3.28. The molecule has 0 radical (unpaired) electrons. The van der Waals surface area contributed by atoms with E-state index in [-0.39, 0.29) is 11.8 Å². The van der Waals surface area contributed by atoms with Gasteiger partial charge in [-0.2, -0.15) is 4.98 Å². The molecule has 124 valence electrons. The Bertz CT molecular complexity index is 880. The van der Waals surface area contributed by atoms with Gasteiger partial charge in [-0.25, -0.2) is 9.97 Å². The van der Waals surface area contributed by atoms with Gasteiger partial charge in [0.15, 0.2) is 5.82 Å². The molecule has 1 aliphatic heterocycles. The van der Waals surface area contributed by atoms with E-state index in [4.69, 9.17) is 0 Å². The number of rotatable bonds is 4. The fourth-order valence-electron chi connectivity index (χ4n) is 2.89. The zero-order chi connectivity index (χ0) is 17.1. The second-order valence-corrected chi connectivity index (χ2v) is 5.95. The number of nitrogens with zero attached hydrogens (tertiary/aromatic N) is 3. The molecule has 1 atom stereocenters. The Kier molecular flexibility index (Phi) is 4.08. The number of amides is 1. The Morgan fingerprint density at radius 2 is 1.80 bits per heavy atom. The highest BCUT2D eigenvalue weighted by atomic mass is 16.1. The van der Waals surface area contributed by atoms with Crippen LogP contribution in [0.3, 0.4) is 0 Å². The van der Waals surface area contributed by atoms with E-state index >= 15 is 0 Å². The van der Waals surface area contributed by atoms with Crippen LogP contribution in [0.4, 0.5) is 11.6 Å². The Morgan fingerprint density at radius 1 is 1.00 bits per heavy atom. The van der Waals surface area contributed by atoms with Crippen LogP contribution < -0.4 is 10.6 Å². The first kappa shape index (κ1) is 15.3. The smallest absolute Gasteiger partial charge is 0.230 e. The first-order valence-electron chi connectivity index (χ1n) is 8.16. The number of aromatic nitrogens is 3. The zero-order valence-corrected chi connectivity index (χ0v) is 13.5. The lowest BCUT2D eigenvalue weighted by molar-refractivity contribution is -0.119. The van der Waals surface area contributed by atoms with Gasteiger partial charge in [-0.05, 0) is 17.7 Å². The predicted molar refractivity (Wildman–Crippen MR) is 95.4 cm³/mol. The lowest BCUT2D eigenvalue weighted by Crippen LogP contribution is -2.13. The SMILES string of the molecule is O=C1CC(c2ccc(Nc3ncnc(-c4ccccc4)n3)cc2)CN1. The van der Waals surface area contributed by atoms with Gasteiger partial charge in [-0.1, -0.05) is 42.5 Å². The van der Waals surface area contributed by atoms with Crippen molar-refractivity contribution in [2.75, 3.05) is 11.9 Å². The predicted octanol–water partition coefficient (Wildman–Crippen LogP) is 2.89. The van der Waals surface area contributed by atoms with Crippen molar-refractivity contribution in [2.24, 2.45) is 0 Å². The second-order valence-electron chi connectivity index (χ2n) is 5.95. The van der Waals surface area contributed by atoms with Crippen molar-refractivity contribution in [2.45, 2.75) is 12.3 Å².